The minimum atomic E-state index is -0.583. The van der Waals surface area contributed by atoms with Crippen LogP contribution in [-0.4, -0.2) is 31.2 Å². The van der Waals surface area contributed by atoms with Crippen molar-refractivity contribution in [2.75, 3.05) is 25.1 Å². The molecule has 0 spiro atoms. The number of fused-ring (bicyclic) bond motifs is 1. The van der Waals surface area contributed by atoms with Crippen LogP contribution in [0.5, 0.6) is 0 Å². The summed E-state index contributed by atoms with van der Waals surface area (Å²) < 4.78 is 5.00. The van der Waals surface area contributed by atoms with Gasteiger partial charge in [0.25, 0.3) is 0 Å². The molecule has 5 nitrogen and oxygen atoms in total. The van der Waals surface area contributed by atoms with E-state index in [-0.39, 0.29) is 11.9 Å². The monoisotopic (exact) mass is 371 g/mol. The fraction of sp³-hybridized carbons (Fsp3) is 0.450. The van der Waals surface area contributed by atoms with Gasteiger partial charge in [-0.25, -0.2) is 0 Å². The number of benzene rings is 1. The van der Waals surface area contributed by atoms with Gasteiger partial charge in [0.15, 0.2) is 0 Å². The highest BCUT2D eigenvalue weighted by atomic mass is 35.5. The Bertz CT molecular complexity index is 888. The van der Waals surface area contributed by atoms with Gasteiger partial charge in [0.1, 0.15) is 6.07 Å². The average molecular weight is 372 g/mol. The summed E-state index contributed by atoms with van der Waals surface area (Å²) in [6.07, 6.45) is 3.51. The summed E-state index contributed by atoms with van der Waals surface area (Å²) in [5.74, 6) is -0.0647. The molecular formula is C20H22ClN3O2. The number of pyridine rings is 1. The lowest BCUT2D eigenvalue weighted by Gasteiger charge is -2.41. The summed E-state index contributed by atoms with van der Waals surface area (Å²) >= 11 is 6.20. The first-order valence-corrected chi connectivity index (χ1v) is 9.08. The van der Waals surface area contributed by atoms with E-state index in [1.807, 2.05) is 26.0 Å². The van der Waals surface area contributed by atoms with Crippen molar-refractivity contribution in [3.8, 4) is 6.07 Å². The maximum absolute atomic E-state index is 12.2. The number of carbonyl (C=O) groups is 1. The Hall–Kier alpha value is -2.32. The van der Waals surface area contributed by atoms with Crippen LogP contribution in [0, 0.1) is 22.7 Å². The molecule has 1 aromatic carbocycles. The predicted octanol–water partition coefficient (Wildman–Crippen LogP) is 4.18. The highest BCUT2D eigenvalue weighted by Crippen LogP contribution is 2.39. The van der Waals surface area contributed by atoms with Gasteiger partial charge >= 0.3 is 5.97 Å². The van der Waals surface area contributed by atoms with Gasteiger partial charge in [0, 0.05) is 29.7 Å². The minimum absolute atomic E-state index is 0.137. The van der Waals surface area contributed by atoms with Crippen molar-refractivity contribution < 1.29 is 9.53 Å². The summed E-state index contributed by atoms with van der Waals surface area (Å²) in [5, 5.41) is 11.1. The van der Waals surface area contributed by atoms with Crippen molar-refractivity contribution in [1.29, 1.82) is 5.26 Å². The third-order valence-corrected chi connectivity index (χ3v) is 5.63. The molecule has 0 aliphatic carbocycles. The predicted molar refractivity (Wildman–Crippen MR) is 102 cm³/mol. The second kappa shape index (κ2) is 7.13. The lowest BCUT2D eigenvalue weighted by atomic mass is 9.74. The van der Waals surface area contributed by atoms with Crippen LogP contribution in [0.3, 0.4) is 0 Å². The highest BCUT2D eigenvalue weighted by Gasteiger charge is 2.40. The third kappa shape index (κ3) is 3.22. The van der Waals surface area contributed by atoms with Gasteiger partial charge in [-0.05, 0) is 50.8 Å². The molecule has 2 heterocycles. The van der Waals surface area contributed by atoms with Crippen LogP contribution in [0.25, 0.3) is 10.9 Å². The van der Waals surface area contributed by atoms with Gasteiger partial charge in [-0.15, -0.1) is 0 Å². The summed E-state index contributed by atoms with van der Waals surface area (Å²) in [6.45, 7) is 5.37. The number of carbonyl (C=O) groups excluding carboxylic acids is 1. The largest absolute Gasteiger partial charge is 0.469 e. The number of hydrogen-bond donors (Lipinski definition) is 0. The number of nitriles is 1. The third-order valence-electron chi connectivity index (χ3n) is 5.39. The molecule has 136 valence electrons. The van der Waals surface area contributed by atoms with Gasteiger partial charge in [0.2, 0.25) is 0 Å². The van der Waals surface area contributed by atoms with Crippen LogP contribution in [-0.2, 0) is 9.53 Å². The molecular weight excluding hydrogens is 350 g/mol. The van der Waals surface area contributed by atoms with Crippen molar-refractivity contribution in [3.63, 3.8) is 0 Å². The Morgan fingerprint density at radius 2 is 2.23 bits per heavy atom. The molecule has 0 saturated carbocycles. The number of halogens is 1. The van der Waals surface area contributed by atoms with Crippen molar-refractivity contribution >= 4 is 34.2 Å². The number of ether oxygens (including phenoxy) is 1. The topological polar surface area (TPSA) is 66.2 Å². The summed E-state index contributed by atoms with van der Waals surface area (Å²) in [5.41, 5.74) is 1.60. The maximum Gasteiger partial charge on any atom is 0.311 e. The summed E-state index contributed by atoms with van der Waals surface area (Å²) in [7, 11) is 1.43. The number of anilines is 1. The van der Waals surface area contributed by atoms with E-state index in [1.54, 1.807) is 12.3 Å². The van der Waals surface area contributed by atoms with Crippen LogP contribution in [0.1, 0.15) is 32.3 Å². The van der Waals surface area contributed by atoms with E-state index in [0.29, 0.717) is 17.1 Å². The molecule has 1 aliphatic rings. The van der Waals surface area contributed by atoms with E-state index in [4.69, 9.17) is 16.3 Å². The smallest absolute Gasteiger partial charge is 0.311 e. The second-order valence-corrected chi connectivity index (χ2v) is 7.73. The normalized spacial score (nSPS) is 17.8. The van der Waals surface area contributed by atoms with E-state index in [0.717, 1.165) is 36.0 Å². The fourth-order valence-electron chi connectivity index (χ4n) is 3.77. The van der Waals surface area contributed by atoms with E-state index in [9.17, 15) is 10.1 Å². The van der Waals surface area contributed by atoms with Gasteiger partial charge in [-0.1, -0.05) is 11.6 Å². The highest BCUT2D eigenvalue weighted by molar-refractivity contribution is 6.31. The average Bonchev–Trinajstić information content (AvgIpc) is 2.66. The molecule has 0 radical (unpaired) electrons. The van der Waals surface area contributed by atoms with E-state index in [2.05, 4.69) is 16.0 Å². The zero-order valence-electron chi connectivity index (χ0n) is 15.3. The van der Waals surface area contributed by atoms with Crippen LogP contribution >= 0.6 is 11.6 Å². The van der Waals surface area contributed by atoms with Crippen LogP contribution < -0.4 is 4.90 Å². The standard InChI is InChI=1S/C20H22ClN3O2/c1-20(2,19(25)26-3)14-5-4-8-24(12-14)18-13(10-22)11-23-17-7-6-15(21)9-16(17)18/h6-7,9,11,14H,4-5,8,12H2,1-3H3. The quantitative estimate of drug-likeness (QED) is 0.757. The van der Waals surface area contributed by atoms with E-state index < -0.39 is 5.41 Å². The zero-order valence-corrected chi connectivity index (χ0v) is 16.0. The molecule has 1 unspecified atom stereocenters. The van der Waals surface area contributed by atoms with E-state index >= 15 is 0 Å². The zero-order chi connectivity index (χ0) is 18.9. The maximum atomic E-state index is 12.2. The molecule has 26 heavy (non-hydrogen) atoms. The molecule has 1 atom stereocenters. The molecule has 1 fully saturated rings. The minimum Gasteiger partial charge on any atom is -0.469 e. The SMILES string of the molecule is COC(=O)C(C)(C)C1CCCN(c2c(C#N)cnc3ccc(Cl)cc23)C1. The Balaban J connectivity index is 2.05. The first-order valence-electron chi connectivity index (χ1n) is 8.70. The van der Waals surface area contributed by atoms with Gasteiger partial charge in [-0.2, -0.15) is 5.26 Å². The number of rotatable bonds is 3. The molecule has 1 saturated heterocycles. The number of esters is 1. The number of nitrogens with zero attached hydrogens (tertiary/aromatic N) is 3. The van der Waals surface area contributed by atoms with Crippen molar-refractivity contribution in [3.05, 3.63) is 35.0 Å². The number of aromatic nitrogens is 1. The Morgan fingerprint density at radius 3 is 2.92 bits per heavy atom. The molecule has 6 heteroatoms. The second-order valence-electron chi connectivity index (χ2n) is 7.29. The van der Waals surface area contributed by atoms with Crippen molar-refractivity contribution in [2.45, 2.75) is 26.7 Å². The Kier molecular flexibility index (Phi) is 5.06. The number of piperidine rings is 1. The molecule has 1 aromatic heterocycles. The molecule has 3 rings (SSSR count). The van der Waals surface area contributed by atoms with Gasteiger partial charge in [0.05, 0.1) is 29.3 Å². The van der Waals surface area contributed by atoms with E-state index in [1.165, 1.54) is 7.11 Å². The summed E-state index contributed by atoms with van der Waals surface area (Å²) in [6, 6.07) is 7.77. The first-order chi connectivity index (χ1) is 12.4. The first kappa shape index (κ1) is 18.5. The molecule has 0 amide bonds. The number of hydrogen-bond acceptors (Lipinski definition) is 5. The molecule has 0 bridgehead atoms. The molecule has 1 aliphatic heterocycles. The molecule has 2 aromatic rings. The van der Waals surface area contributed by atoms with Crippen LogP contribution in [0.2, 0.25) is 5.02 Å². The van der Waals surface area contributed by atoms with Crippen molar-refractivity contribution in [2.24, 2.45) is 11.3 Å². The van der Waals surface area contributed by atoms with Crippen molar-refractivity contribution in [1.82, 2.24) is 4.98 Å². The molecule has 0 N–H and O–H groups in total. The van der Waals surface area contributed by atoms with Crippen LogP contribution in [0.4, 0.5) is 5.69 Å². The summed E-state index contributed by atoms with van der Waals surface area (Å²) in [4.78, 5) is 18.8. The van der Waals surface area contributed by atoms with Gasteiger partial charge < -0.3 is 9.64 Å². The lowest BCUT2D eigenvalue weighted by Crippen LogP contribution is -2.45. The Morgan fingerprint density at radius 1 is 1.46 bits per heavy atom. The lowest BCUT2D eigenvalue weighted by molar-refractivity contribution is -0.154. The number of methoxy groups -OCH3 is 1. The van der Waals surface area contributed by atoms with Gasteiger partial charge in [-0.3, -0.25) is 9.78 Å². The Labute approximate surface area is 158 Å². The fourth-order valence-corrected chi connectivity index (χ4v) is 3.94. The van der Waals surface area contributed by atoms with Crippen LogP contribution in [0.15, 0.2) is 24.4 Å².